The second-order valence-electron chi connectivity index (χ2n) is 8.33. The van der Waals surface area contributed by atoms with Crippen molar-refractivity contribution >= 4 is 12.0 Å². The van der Waals surface area contributed by atoms with Crippen LogP contribution in [0.3, 0.4) is 0 Å². The van der Waals surface area contributed by atoms with Crippen molar-refractivity contribution < 1.29 is 14.3 Å². The molecule has 2 heterocycles. The molecule has 0 aromatic carbocycles. The normalized spacial score (nSPS) is 23.3. The molecule has 1 aromatic heterocycles. The number of ether oxygens (including phenoxy) is 1. The number of carbonyl (C=O) groups is 2. The van der Waals surface area contributed by atoms with Gasteiger partial charge in [0.2, 0.25) is 5.91 Å². The Bertz CT molecular complexity index is 666. The van der Waals surface area contributed by atoms with Crippen molar-refractivity contribution in [3.63, 3.8) is 0 Å². The van der Waals surface area contributed by atoms with Crippen LogP contribution in [0.2, 0.25) is 0 Å². The van der Waals surface area contributed by atoms with E-state index in [1.165, 1.54) is 0 Å². The number of hydrogen-bond donors (Lipinski definition) is 1. The molecule has 8 nitrogen and oxygen atoms in total. The fraction of sp³-hybridized carbons (Fsp3) is 0.778. The fourth-order valence-electron chi connectivity index (χ4n) is 3.71. The summed E-state index contributed by atoms with van der Waals surface area (Å²) in [6, 6.07) is -0.00579. The van der Waals surface area contributed by atoms with E-state index in [9.17, 15) is 9.59 Å². The summed E-state index contributed by atoms with van der Waals surface area (Å²) in [5.74, 6) is 0.124. The van der Waals surface area contributed by atoms with Crippen LogP contribution in [0.25, 0.3) is 0 Å². The number of nitrogens with zero attached hydrogens (tertiary/aromatic N) is 4. The molecule has 3 rings (SSSR count). The zero-order valence-corrected chi connectivity index (χ0v) is 16.1. The van der Waals surface area contributed by atoms with E-state index in [-0.39, 0.29) is 24.0 Å². The average molecular weight is 363 g/mol. The Hall–Kier alpha value is -2.12. The van der Waals surface area contributed by atoms with E-state index in [2.05, 4.69) is 15.4 Å². The summed E-state index contributed by atoms with van der Waals surface area (Å²) in [7, 11) is 1.76. The molecule has 0 bridgehead atoms. The Kier molecular flexibility index (Phi) is 5.20. The molecular formula is C18H29N5O3. The van der Waals surface area contributed by atoms with Gasteiger partial charge in [-0.15, -0.1) is 0 Å². The van der Waals surface area contributed by atoms with Gasteiger partial charge >= 0.3 is 6.09 Å². The van der Waals surface area contributed by atoms with Crippen LogP contribution in [0, 0.1) is 5.92 Å². The average Bonchev–Trinajstić information content (AvgIpc) is 3.06. The minimum absolute atomic E-state index is 0.00579. The van der Waals surface area contributed by atoms with Gasteiger partial charge in [0, 0.05) is 32.5 Å². The number of amides is 2. The largest absolute Gasteiger partial charge is 0.444 e. The summed E-state index contributed by atoms with van der Waals surface area (Å²) in [6.45, 7) is 6.89. The quantitative estimate of drug-likeness (QED) is 0.865. The molecule has 26 heavy (non-hydrogen) atoms. The van der Waals surface area contributed by atoms with E-state index in [0.717, 1.165) is 43.6 Å². The van der Waals surface area contributed by atoms with E-state index in [4.69, 9.17) is 4.74 Å². The molecule has 0 spiro atoms. The van der Waals surface area contributed by atoms with Crippen LogP contribution in [0.4, 0.5) is 4.79 Å². The van der Waals surface area contributed by atoms with Gasteiger partial charge in [0.15, 0.2) is 0 Å². The molecular weight excluding hydrogens is 334 g/mol. The number of likely N-dealkylation sites (tertiary alicyclic amines) is 1. The molecule has 1 saturated heterocycles. The van der Waals surface area contributed by atoms with E-state index < -0.39 is 5.60 Å². The van der Waals surface area contributed by atoms with Crippen LogP contribution < -0.4 is 0 Å². The first-order valence-corrected chi connectivity index (χ1v) is 9.37. The van der Waals surface area contributed by atoms with Crippen molar-refractivity contribution in [3.8, 4) is 0 Å². The number of aromatic nitrogens is 3. The van der Waals surface area contributed by atoms with Gasteiger partial charge in [0.1, 0.15) is 5.60 Å². The lowest BCUT2D eigenvalue weighted by Crippen LogP contribution is -2.52. The first-order chi connectivity index (χ1) is 12.2. The van der Waals surface area contributed by atoms with Gasteiger partial charge < -0.3 is 14.5 Å². The number of likely N-dealkylation sites (N-methyl/N-ethyl adjacent to an activating group) is 1. The minimum atomic E-state index is -0.521. The zero-order chi connectivity index (χ0) is 18.9. The molecule has 8 heteroatoms. The Balaban J connectivity index is 1.59. The highest BCUT2D eigenvalue weighted by Crippen LogP contribution is 2.26. The summed E-state index contributed by atoms with van der Waals surface area (Å²) >= 11 is 0. The van der Waals surface area contributed by atoms with E-state index in [1.807, 2.05) is 25.7 Å². The van der Waals surface area contributed by atoms with Crippen LogP contribution in [-0.4, -0.2) is 69.0 Å². The minimum Gasteiger partial charge on any atom is -0.444 e. The summed E-state index contributed by atoms with van der Waals surface area (Å²) in [5.41, 5.74) is 1.37. The number of aryl methyl sites for hydroxylation is 1. The summed E-state index contributed by atoms with van der Waals surface area (Å²) in [5, 5.41) is 10.9. The highest BCUT2D eigenvalue weighted by atomic mass is 16.6. The molecule has 2 atom stereocenters. The predicted octanol–water partition coefficient (Wildman–Crippen LogP) is 1.77. The van der Waals surface area contributed by atoms with Crippen molar-refractivity contribution in [2.24, 2.45) is 5.92 Å². The van der Waals surface area contributed by atoms with Gasteiger partial charge in [0.25, 0.3) is 0 Å². The molecule has 144 valence electrons. The number of rotatable bonds is 2. The first kappa shape index (κ1) is 18.7. The number of hydrogen-bond acceptors (Lipinski definition) is 5. The van der Waals surface area contributed by atoms with Gasteiger partial charge in [-0.3, -0.25) is 4.79 Å². The van der Waals surface area contributed by atoms with Crippen molar-refractivity contribution in [2.45, 2.75) is 64.5 Å². The molecule has 0 saturated carbocycles. The third-order valence-electron chi connectivity index (χ3n) is 5.16. The fourth-order valence-corrected chi connectivity index (χ4v) is 3.71. The zero-order valence-electron chi connectivity index (χ0n) is 16.1. The lowest BCUT2D eigenvalue weighted by molar-refractivity contribution is -0.138. The van der Waals surface area contributed by atoms with Crippen LogP contribution in [0.1, 0.15) is 51.4 Å². The molecule has 2 amide bonds. The Morgan fingerprint density at radius 2 is 1.96 bits per heavy atom. The van der Waals surface area contributed by atoms with Crippen molar-refractivity contribution in [1.29, 1.82) is 0 Å². The first-order valence-electron chi connectivity index (χ1n) is 9.37. The van der Waals surface area contributed by atoms with Gasteiger partial charge in [-0.05, 0) is 46.5 Å². The molecule has 1 fully saturated rings. The predicted molar refractivity (Wildman–Crippen MR) is 95.5 cm³/mol. The smallest absolute Gasteiger partial charge is 0.410 e. The highest BCUT2D eigenvalue weighted by Gasteiger charge is 2.35. The van der Waals surface area contributed by atoms with Crippen molar-refractivity contribution in [2.75, 3.05) is 20.1 Å². The monoisotopic (exact) mass is 363 g/mol. The standard InChI is InChI=1S/C18H29N5O3/c1-18(2,3)26-17(25)22(4)13-6-5-9-23(11-13)16(24)12-7-8-14-15(10-12)20-21-19-14/h12-13H,5-11H2,1-4H3,(H,19,20,21)/t12-,13+/m0/s1. The van der Waals surface area contributed by atoms with Crippen LogP contribution in [0.15, 0.2) is 0 Å². The van der Waals surface area contributed by atoms with Gasteiger partial charge in [0.05, 0.1) is 17.4 Å². The number of H-pyrrole nitrogens is 1. The van der Waals surface area contributed by atoms with Gasteiger partial charge in [-0.2, -0.15) is 15.4 Å². The molecule has 0 radical (unpaired) electrons. The topological polar surface area (TPSA) is 91.4 Å². The van der Waals surface area contributed by atoms with Crippen molar-refractivity contribution in [1.82, 2.24) is 25.2 Å². The van der Waals surface area contributed by atoms with Crippen LogP contribution in [-0.2, 0) is 22.4 Å². The summed E-state index contributed by atoms with van der Waals surface area (Å²) in [4.78, 5) is 28.9. The lowest BCUT2D eigenvalue weighted by atomic mass is 9.88. The third-order valence-corrected chi connectivity index (χ3v) is 5.16. The Labute approximate surface area is 154 Å². The number of aromatic amines is 1. The number of carbonyl (C=O) groups excluding carboxylic acids is 2. The maximum Gasteiger partial charge on any atom is 0.410 e. The van der Waals surface area contributed by atoms with Gasteiger partial charge in [-0.25, -0.2) is 4.79 Å². The molecule has 1 aliphatic heterocycles. The maximum atomic E-state index is 13.0. The van der Waals surface area contributed by atoms with Gasteiger partial charge in [-0.1, -0.05) is 0 Å². The molecule has 1 aromatic rings. The molecule has 2 aliphatic rings. The van der Waals surface area contributed by atoms with Crippen molar-refractivity contribution in [3.05, 3.63) is 11.4 Å². The second kappa shape index (κ2) is 7.25. The lowest BCUT2D eigenvalue weighted by Gasteiger charge is -2.39. The number of piperidine rings is 1. The van der Waals surface area contributed by atoms with E-state index >= 15 is 0 Å². The Morgan fingerprint density at radius 1 is 1.23 bits per heavy atom. The summed E-state index contributed by atoms with van der Waals surface area (Å²) in [6.07, 6.45) is 3.69. The number of nitrogens with one attached hydrogen (secondary N) is 1. The SMILES string of the molecule is CN(C(=O)OC(C)(C)C)[C@@H]1CCCN(C(=O)[C@H]2CCc3n[nH]nc3C2)C1. The van der Waals surface area contributed by atoms with Crippen LogP contribution >= 0.6 is 0 Å². The molecule has 1 aliphatic carbocycles. The molecule has 1 N–H and O–H groups in total. The second-order valence-corrected chi connectivity index (χ2v) is 8.33. The van der Waals surface area contributed by atoms with Crippen LogP contribution in [0.5, 0.6) is 0 Å². The maximum absolute atomic E-state index is 13.0. The van der Waals surface area contributed by atoms with E-state index in [0.29, 0.717) is 13.0 Å². The third kappa shape index (κ3) is 4.16. The highest BCUT2D eigenvalue weighted by molar-refractivity contribution is 5.79. The number of fused-ring (bicyclic) bond motifs is 1. The van der Waals surface area contributed by atoms with E-state index in [1.54, 1.807) is 11.9 Å². The Morgan fingerprint density at radius 3 is 2.69 bits per heavy atom. The molecule has 0 unspecified atom stereocenters. The summed E-state index contributed by atoms with van der Waals surface area (Å²) < 4.78 is 5.46.